The van der Waals surface area contributed by atoms with Gasteiger partial charge in [-0.15, -0.1) is 0 Å². The average Bonchev–Trinajstić information content (AvgIpc) is 3.30. The Morgan fingerprint density at radius 2 is 1.94 bits per heavy atom. The van der Waals surface area contributed by atoms with Gasteiger partial charge in [-0.3, -0.25) is 4.79 Å². The molecule has 32 heavy (non-hydrogen) atoms. The normalized spacial score (nSPS) is 18.5. The quantitative estimate of drug-likeness (QED) is 0.481. The van der Waals surface area contributed by atoms with Crippen LogP contribution in [0, 0.1) is 0 Å². The number of sulfonamides is 1. The van der Waals surface area contributed by atoms with Crippen LogP contribution < -0.4 is 0 Å². The number of rotatable bonds is 9. The Labute approximate surface area is 194 Å². The SMILES string of the molecule is CCN(CC)S(=O)(=O)c1ccc2c(c1)nc(SCC(=O)N(C)[C@@H]1CCS(=O)(=O)C1)n2CC. The van der Waals surface area contributed by atoms with Crippen molar-refractivity contribution in [2.75, 3.05) is 37.4 Å². The predicted molar refractivity (Wildman–Crippen MR) is 126 cm³/mol. The van der Waals surface area contributed by atoms with Crippen molar-refractivity contribution in [2.24, 2.45) is 0 Å². The Balaban J connectivity index is 1.81. The summed E-state index contributed by atoms with van der Waals surface area (Å²) in [6.45, 7) is 6.96. The minimum Gasteiger partial charge on any atom is -0.341 e. The van der Waals surface area contributed by atoms with Crippen molar-refractivity contribution in [1.82, 2.24) is 18.8 Å². The first-order chi connectivity index (χ1) is 15.0. The van der Waals surface area contributed by atoms with Crippen molar-refractivity contribution in [3.63, 3.8) is 0 Å². The van der Waals surface area contributed by atoms with Crippen molar-refractivity contribution in [2.45, 2.75) is 49.8 Å². The highest BCUT2D eigenvalue weighted by Crippen LogP contribution is 2.28. The molecule has 0 bridgehead atoms. The number of sulfone groups is 1. The van der Waals surface area contributed by atoms with Crippen molar-refractivity contribution in [3.8, 4) is 0 Å². The summed E-state index contributed by atoms with van der Waals surface area (Å²) in [5.74, 6) is 0.0990. The molecule has 0 N–H and O–H groups in total. The van der Waals surface area contributed by atoms with Gasteiger partial charge in [0.25, 0.3) is 0 Å². The standard InChI is InChI=1S/C20H30N4O5S3/c1-5-23(6-2)32(28,29)16-8-9-18-17(12-16)21-20(24(18)7-3)30-13-19(25)22(4)15-10-11-31(26,27)14-15/h8-9,12,15H,5-7,10-11,13-14H2,1-4H3/t15-/m1/s1. The third-order valence-electron chi connectivity index (χ3n) is 5.82. The molecule has 1 aromatic carbocycles. The van der Waals surface area contributed by atoms with Gasteiger partial charge in [0.2, 0.25) is 15.9 Å². The monoisotopic (exact) mass is 502 g/mol. The predicted octanol–water partition coefficient (Wildman–Crippen LogP) is 1.82. The molecule has 0 aliphatic carbocycles. The van der Waals surface area contributed by atoms with E-state index < -0.39 is 19.9 Å². The van der Waals surface area contributed by atoms with Crippen LogP contribution in [-0.2, 0) is 31.2 Å². The highest BCUT2D eigenvalue weighted by atomic mass is 32.2. The molecule has 1 atom stereocenters. The Morgan fingerprint density at radius 1 is 1.25 bits per heavy atom. The molecule has 0 unspecified atom stereocenters. The largest absolute Gasteiger partial charge is 0.341 e. The number of imidazole rings is 1. The molecule has 1 fully saturated rings. The first-order valence-electron chi connectivity index (χ1n) is 10.6. The Morgan fingerprint density at radius 3 is 2.50 bits per heavy atom. The van der Waals surface area contributed by atoms with E-state index in [1.807, 2.05) is 11.5 Å². The van der Waals surface area contributed by atoms with E-state index in [0.29, 0.717) is 36.7 Å². The van der Waals surface area contributed by atoms with Crippen LogP contribution in [-0.4, -0.2) is 84.9 Å². The fourth-order valence-electron chi connectivity index (χ4n) is 3.89. The molecule has 9 nitrogen and oxygen atoms in total. The van der Waals surface area contributed by atoms with Crippen LogP contribution in [0.25, 0.3) is 11.0 Å². The topological polar surface area (TPSA) is 110 Å². The van der Waals surface area contributed by atoms with Gasteiger partial charge in [-0.25, -0.2) is 21.8 Å². The van der Waals surface area contributed by atoms with Gasteiger partial charge in [-0.05, 0) is 31.5 Å². The second-order valence-electron chi connectivity index (χ2n) is 7.73. The van der Waals surface area contributed by atoms with E-state index in [0.717, 1.165) is 5.52 Å². The van der Waals surface area contributed by atoms with Crippen molar-refractivity contribution >= 4 is 48.6 Å². The fourth-order valence-corrected chi connectivity index (χ4v) is 8.14. The third kappa shape index (κ3) is 4.97. The summed E-state index contributed by atoms with van der Waals surface area (Å²) in [6, 6.07) is 4.64. The Bertz CT molecular complexity index is 1200. The maximum Gasteiger partial charge on any atom is 0.243 e. The molecule has 1 saturated heterocycles. The second kappa shape index (κ2) is 9.70. The fraction of sp³-hybridized carbons (Fsp3) is 0.600. The van der Waals surface area contributed by atoms with Gasteiger partial charge in [0.05, 0.1) is 33.2 Å². The average molecular weight is 503 g/mol. The van der Waals surface area contributed by atoms with E-state index in [4.69, 9.17) is 0 Å². The first-order valence-corrected chi connectivity index (χ1v) is 14.9. The molecular formula is C20H30N4O5S3. The van der Waals surface area contributed by atoms with Crippen molar-refractivity contribution in [3.05, 3.63) is 18.2 Å². The third-order valence-corrected chi connectivity index (χ3v) is 10.6. The number of thioether (sulfide) groups is 1. The van der Waals surface area contributed by atoms with Crippen molar-refractivity contribution in [1.29, 1.82) is 0 Å². The zero-order valence-corrected chi connectivity index (χ0v) is 21.3. The Kier molecular flexibility index (Phi) is 7.58. The maximum atomic E-state index is 12.9. The number of carbonyl (C=O) groups is 1. The number of nitrogens with zero attached hydrogens (tertiary/aromatic N) is 4. The molecule has 178 valence electrons. The smallest absolute Gasteiger partial charge is 0.243 e. The number of hydrogen-bond donors (Lipinski definition) is 0. The van der Waals surface area contributed by atoms with E-state index >= 15 is 0 Å². The van der Waals surface area contributed by atoms with E-state index in [9.17, 15) is 21.6 Å². The summed E-state index contributed by atoms with van der Waals surface area (Å²) < 4.78 is 52.5. The summed E-state index contributed by atoms with van der Waals surface area (Å²) in [6.07, 6.45) is 0.465. The number of aromatic nitrogens is 2. The highest BCUT2D eigenvalue weighted by molar-refractivity contribution is 7.99. The van der Waals surface area contributed by atoms with E-state index in [2.05, 4.69) is 4.98 Å². The van der Waals surface area contributed by atoms with Crippen LogP contribution in [0.2, 0.25) is 0 Å². The number of aryl methyl sites for hydroxylation is 1. The van der Waals surface area contributed by atoms with Crippen LogP contribution >= 0.6 is 11.8 Å². The second-order valence-corrected chi connectivity index (χ2v) is 12.8. The summed E-state index contributed by atoms with van der Waals surface area (Å²) >= 11 is 1.27. The molecular weight excluding hydrogens is 472 g/mol. The molecule has 2 heterocycles. The Hall–Kier alpha value is -1.63. The van der Waals surface area contributed by atoms with Gasteiger partial charge >= 0.3 is 0 Å². The zero-order valence-electron chi connectivity index (χ0n) is 18.8. The molecule has 12 heteroatoms. The molecule has 0 saturated carbocycles. The molecule has 1 amide bonds. The lowest BCUT2D eigenvalue weighted by Crippen LogP contribution is -2.38. The highest BCUT2D eigenvalue weighted by Gasteiger charge is 2.32. The van der Waals surface area contributed by atoms with E-state index in [1.165, 1.54) is 21.0 Å². The van der Waals surface area contributed by atoms with Crippen molar-refractivity contribution < 1.29 is 21.6 Å². The number of benzene rings is 1. The van der Waals surface area contributed by atoms with Crippen LogP contribution in [0.4, 0.5) is 0 Å². The van der Waals surface area contributed by atoms with Crippen LogP contribution in [0.5, 0.6) is 0 Å². The lowest BCUT2D eigenvalue weighted by molar-refractivity contribution is -0.128. The summed E-state index contributed by atoms with van der Waals surface area (Å²) in [4.78, 5) is 19.0. The minimum absolute atomic E-state index is 0.0111. The van der Waals surface area contributed by atoms with Gasteiger partial charge < -0.3 is 9.47 Å². The number of fused-ring (bicyclic) bond motifs is 1. The van der Waals surface area contributed by atoms with Crippen LogP contribution in [0.1, 0.15) is 27.2 Å². The molecule has 1 aliphatic rings. The molecule has 3 rings (SSSR count). The van der Waals surface area contributed by atoms with Gasteiger partial charge in [0.15, 0.2) is 15.0 Å². The molecule has 2 aromatic rings. The lowest BCUT2D eigenvalue weighted by Gasteiger charge is -2.23. The van der Waals surface area contributed by atoms with Crippen LogP contribution in [0.3, 0.4) is 0 Å². The molecule has 0 radical (unpaired) electrons. The van der Waals surface area contributed by atoms with Gasteiger partial charge in [-0.2, -0.15) is 4.31 Å². The van der Waals surface area contributed by atoms with Gasteiger partial charge in [0.1, 0.15) is 0 Å². The summed E-state index contributed by atoms with van der Waals surface area (Å²) in [7, 11) is -5.02. The number of hydrogen-bond acceptors (Lipinski definition) is 7. The minimum atomic E-state index is -3.59. The lowest BCUT2D eigenvalue weighted by atomic mass is 10.2. The van der Waals surface area contributed by atoms with E-state index in [1.54, 1.807) is 39.1 Å². The summed E-state index contributed by atoms with van der Waals surface area (Å²) in [5.41, 5.74) is 1.36. The van der Waals surface area contributed by atoms with Gasteiger partial charge in [-0.1, -0.05) is 25.6 Å². The first kappa shape index (κ1) is 25.0. The van der Waals surface area contributed by atoms with Crippen LogP contribution in [0.15, 0.2) is 28.3 Å². The zero-order chi connectivity index (χ0) is 23.7. The van der Waals surface area contributed by atoms with E-state index in [-0.39, 0.29) is 34.1 Å². The number of carbonyl (C=O) groups excluding carboxylic acids is 1. The van der Waals surface area contributed by atoms with Gasteiger partial charge in [0, 0.05) is 32.7 Å². The maximum absolute atomic E-state index is 12.9. The molecule has 0 spiro atoms. The summed E-state index contributed by atoms with van der Waals surface area (Å²) in [5, 5.41) is 0.626. The number of amides is 1. The molecule has 1 aliphatic heterocycles. The molecule has 1 aromatic heterocycles.